The minimum absolute atomic E-state index is 0.0135. The van der Waals surface area contributed by atoms with Gasteiger partial charge in [-0.3, -0.25) is 9.10 Å². The first kappa shape index (κ1) is 19.2. The van der Waals surface area contributed by atoms with E-state index in [1.807, 2.05) is 20.8 Å². The second-order valence-electron chi connectivity index (χ2n) is 6.74. The number of hydrogen-bond acceptors (Lipinski definition) is 4. The molecule has 0 spiro atoms. The molecule has 27 heavy (non-hydrogen) atoms. The van der Waals surface area contributed by atoms with Crippen molar-refractivity contribution < 1.29 is 17.9 Å². The highest BCUT2D eigenvalue weighted by Crippen LogP contribution is 2.36. The fourth-order valence-electron chi connectivity index (χ4n) is 2.84. The molecule has 2 atom stereocenters. The van der Waals surface area contributed by atoms with Crippen molar-refractivity contribution in [2.24, 2.45) is 0 Å². The van der Waals surface area contributed by atoms with Crippen LogP contribution in [0.3, 0.4) is 0 Å². The zero-order chi connectivity index (χ0) is 19.6. The second-order valence-corrected chi connectivity index (χ2v) is 8.60. The Bertz CT molecular complexity index is 925. The minimum Gasteiger partial charge on any atom is -0.476 e. The van der Waals surface area contributed by atoms with E-state index < -0.39 is 16.1 Å². The molecular formula is C20H24N2O4S. The van der Waals surface area contributed by atoms with E-state index >= 15 is 0 Å². The Morgan fingerprint density at radius 1 is 1.22 bits per heavy atom. The number of benzene rings is 2. The van der Waals surface area contributed by atoms with Crippen LogP contribution in [0.2, 0.25) is 0 Å². The van der Waals surface area contributed by atoms with Gasteiger partial charge in [-0.15, -0.1) is 0 Å². The van der Waals surface area contributed by atoms with Gasteiger partial charge in [0.1, 0.15) is 5.75 Å². The summed E-state index contributed by atoms with van der Waals surface area (Å²) in [5, 5.41) is 2.86. The monoisotopic (exact) mass is 388 g/mol. The van der Waals surface area contributed by atoms with Crippen LogP contribution >= 0.6 is 0 Å². The van der Waals surface area contributed by atoms with Gasteiger partial charge in [0.05, 0.1) is 17.1 Å². The molecule has 3 rings (SSSR count). The smallest absolute Gasteiger partial charge is 0.264 e. The average Bonchev–Trinajstić information content (AvgIpc) is 2.67. The number of aryl methyl sites for hydroxylation is 1. The quantitative estimate of drug-likeness (QED) is 0.855. The maximum atomic E-state index is 13.2. The number of sulfonamides is 1. The molecule has 0 radical (unpaired) electrons. The number of fused-ring (bicyclic) bond motifs is 1. The molecule has 0 unspecified atom stereocenters. The van der Waals surface area contributed by atoms with Gasteiger partial charge in [-0.05, 0) is 44.5 Å². The largest absolute Gasteiger partial charge is 0.476 e. The van der Waals surface area contributed by atoms with E-state index in [1.54, 1.807) is 48.5 Å². The molecule has 0 bridgehead atoms. The molecule has 0 fully saturated rings. The first-order valence-corrected chi connectivity index (χ1v) is 10.4. The summed E-state index contributed by atoms with van der Waals surface area (Å²) in [5.74, 6) is 0.0618. The van der Waals surface area contributed by atoms with Crippen molar-refractivity contribution in [3.63, 3.8) is 0 Å². The molecule has 1 aliphatic rings. The standard InChI is InChI=1S/C20H24N2O4S/c1-4-15(3)21-20(23)19-13-22(17-7-5-6-8-18(17)26-19)27(24,25)16-11-9-14(2)10-12-16/h5-12,15,19H,4,13H2,1-3H3,(H,21,23)/t15-,19+/m0/s1. The molecule has 6 nitrogen and oxygen atoms in total. The van der Waals surface area contributed by atoms with Gasteiger partial charge in [0.2, 0.25) is 0 Å². The molecule has 144 valence electrons. The van der Waals surface area contributed by atoms with E-state index in [-0.39, 0.29) is 23.4 Å². The van der Waals surface area contributed by atoms with Crippen molar-refractivity contribution in [2.45, 2.75) is 44.2 Å². The summed E-state index contributed by atoms with van der Waals surface area (Å²) in [5.41, 5.74) is 1.41. The fraction of sp³-hybridized carbons (Fsp3) is 0.350. The van der Waals surface area contributed by atoms with Gasteiger partial charge in [0.15, 0.2) is 6.10 Å². The van der Waals surface area contributed by atoms with Gasteiger partial charge in [-0.1, -0.05) is 36.8 Å². The van der Waals surface area contributed by atoms with E-state index in [0.717, 1.165) is 12.0 Å². The zero-order valence-electron chi connectivity index (χ0n) is 15.7. The van der Waals surface area contributed by atoms with Crippen LogP contribution in [0.5, 0.6) is 5.75 Å². The SMILES string of the molecule is CC[C@H](C)NC(=O)[C@H]1CN(S(=O)(=O)c2ccc(C)cc2)c2ccccc2O1. The van der Waals surface area contributed by atoms with E-state index in [4.69, 9.17) is 4.74 Å². The molecule has 0 saturated carbocycles. The zero-order valence-corrected chi connectivity index (χ0v) is 16.5. The summed E-state index contributed by atoms with van der Waals surface area (Å²) in [6.07, 6.45) is -0.130. The molecule has 7 heteroatoms. The summed E-state index contributed by atoms with van der Waals surface area (Å²) >= 11 is 0. The molecule has 1 heterocycles. The number of nitrogens with one attached hydrogen (secondary N) is 1. The van der Waals surface area contributed by atoms with E-state index in [0.29, 0.717) is 11.4 Å². The van der Waals surface area contributed by atoms with Crippen molar-refractivity contribution in [1.82, 2.24) is 5.32 Å². The van der Waals surface area contributed by atoms with Crippen molar-refractivity contribution in [2.75, 3.05) is 10.8 Å². The fourth-order valence-corrected chi connectivity index (χ4v) is 4.32. The normalized spacial score (nSPS) is 17.6. The number of ether oxygens (including phenoxy) is 1. The van der Waals surface area contributed by atoms with Crippen molar-refractivity contribution in [3.05, 3.63) is 54.1 Å². The molecule has 2 aromatic rings. The number of rotatable bonds is 5. The van der Waals surface area contributed by atoms with Crippen molar-refractivity contribution >= 4 is 21.6 Å². The Morgan fingerprint density at radius 2 is 1.89 bits per heavy atom. The highest BCUT2D eigenvalue weighted by Gasteiger charge is 2.37. The van der Waals surface area contributed by atoms with Crippen LogP contribution in [0.15, 0.2) is 53.4 Å². The third kappa shape index (κ3) is 3.93. The van der Waals surface area contributed by atoms with E-state index in [9.17, 15) is 13.2 Å². The lowest BCUT2D eigenvalue weighted by atomic mass is 10.2. The number of anilines is 1. The Hall–Kier alpha value is -2.54. The molecule has 0 saturated heterocycles. The number of para-hydroxylation sites is 2. The van der Waals surface area contributed by atoms with Crippen LogP contribution in [0, 0.1) is 6.92 Å². The first-order chi connectivity index (χ1) is 12.8. The third-order valence-corrected chi connectivity index (χ3v) is 6.43. The minimum atomic E-state index is -3.82. The van der Waals surface area contributed by atoms with Crippen LogP contribution in [-0.2, 0) is 14.8 Å². The summed E-state index contributed by atoms with van der Waals surface area (Å²) in [6.45, 7) is 5.69. The lowest BCUT2D eigenvalue weighted by molar-refractivity contribution is -0.128. The van der Waals surface area contributed by atoms with E-state index in [2.05, 4.69) is 5.32 Å². The Balaban J connectivity index is 1.98. The molecule has 1 aliphatic heterocycles. The summed E-state index contributed by atoms with van der Waals surface area (Å²) in [7, 11) is -3.82. The number of amides is 1. The third-order valence-electron chi connectivity index (χ3n) is 4.64. The summed E-state index contributed by atoms with van der Waals surface area (Å²) in [4.78, 5) is 12.8. The van der Waals surface area contributed by atoms with Gasteiger partial charge in [0.25, 0.3) is 15.9 Å². The lowest BCUT2D eigenvalue weighted by Gasteiger charge is -2.35. The Labute approximate surface area is 160 Å². The average molecular weight is 388 g/mol. The van der Waals surface area contributed by atoms with Crippen LogP contribution in [0.25, 0.3) is 0 Å². The van der Waals surface area contributed by atoms with Crippen LogP contribution in [0.4, 0.5) is 5.69 Å². The second kappa shape index (κ2) is 7.60. The molecule has 2 aromatic carbocycles. The summed E-state index contributed by atoms with van der Waals surface area (Å²) in [6, 6.07) is 13.5. The predicted octanol–water partition coefficient (Wildman–Crippen LogP) is 2.87. The number of carbonyl (C=O) groups is 1. The number of nitrogens with zero attached hydrogens (tertiary/aromatic N) is 1. The predicted molar refractivity (Wildman–Crippen MR) is 104 cm³/mol. The maximum absolute atomic E-state index is 13.2. The molecule has 1 amide bonds. The van der Waals surface area contributed by atoms with Gasteiger partial charge in [-0.25, -0.2) is 8.42 Å². The highest BCUT2D eigenvalue weighted by molar-refractivity contribution is 7.92. The first-order valence-electron chi connectivity index (χ1n) is 8.98. The van der Waals surface area contributed by atoms with Crippen LogP contribution in [0.1, 0.15) is 25.8 Å². The topological polar surface area (TPSA) is 75.7 Å². The maximum Gasteiger partial charge on any atom is 0.264 e. The number of hydrogen-bond donors (Lipinski definition) is 1. The Morgan fingerprint density at radius 3 is 2.56 bits per heavy atom. The van der Waals surface area contributed by atoms with Crippen LogP contribution in [-0.4, -0.2) is 33.0 Å². The lowest BCUT2D eigenvalue weighted by Crippen LogP contribution is -2.52. The summed E-state index contributed by atoms with van der Waals surface area (Å²) < 4.78 is 33.6. The molecule has 1 N–H and O–H groups in total. The highest BCUT2D eigenvalue weighted by atomic mass is 32.2. The van der Waals surface area contributed by atoms with Gasteiger partial charge in [0, 0.05) is 6.04 Å². The molecule has 0 aromatic heterocycles. The molecule has 0 aliphatic carbocycles. The van der Waals surface area contributed by atoms with Crippen molar-refractivity contribution in [1.29, 1.82) is 0 Å². The Kier molecular flexibility index (Phi) is 5.41. The van der Waals surface area contributed by atoms with Gasteiger partial charge >= 0.3 is 0 Å². The molecular weight excluding hydrogens is 364 g/mol. The van der Waals surface area contributed by atoms with E-state index in [1.165, 1.54) is 4.31 Å². The number of carbonyl (C=O) groups excluding carboxylic acids is 1. The van der Waals surface area contributed by atoms with Crippen molar-refractivity contribution in [3.8, 4) is 5.75 Å². The van der Waals surface area contributed by atoms with Gasteiger partial charge < -0.3 is 10.1 Å². The van der Waals surface area contributed by atoms with Crippen LogP contribution < -0.4 is 14.4 Å². The van der Waals surface area contributed by atoms with Gasteiger partial charge in [-0.2, -0.15) is 0 Å².